The number of rotatable bonds is 13. The number of methoxy groups -OCH3 is 2. The van der Waals surface area contributed by atoms with Gasteiger partial charge in [-0.15, -0.1) is 0 Å². The molecule has 12 heteroatoms. The number of carbonyl (C=O) groups is 3. The van der Waals surface area contributed by atoms with E-state index < -0.39 is 30.3 Å². The molecule has 4 atom stereocenters. The van der Waals surface area contributed by atoms with Gasteiger partial charge in [-0.05, 0) is 77.8 Å². The summed E-state index contributed by atoms with van der Waals surface area (Å²) in [4.78, 5) is 40.0. The number of aliphatic hydroxyl groups is 2. The van der Waals surface area contributed by atoms with Crippen LogP contribution >= 0.6 is 22.6 Å². The first-order chi connectivity index (χ1) is 20.8. The normalized spacial score (nSPS) is 21.5. The first-order valence-electron chi connectivity index (χ1n) is 14.1. The Hall–Kier alpha value is -3.20. The van der Waals surface area contributed by atoms with E-state index in [0.717, 1.165) is 12.0 Å². The smallest absolute Gasteiger partial charge is 0.252 e. The molecule has 1 aliphatic heterocycles. The van der Waals surface area contributed by atoms with Gasteiger partial charge >= 0.3 is 0 Å². The van der Waals surface area contributed by atoms with Crippen LogP contribution in [0, 0.1) is 3.57 Å². The number of halogens is 1. The van der Waals surface area contributed by atoms with Crippen molar-refractivity contribution in [3.63, 3.8) is 0 Å². The molecule has 11 nitrogen and oxygen atoms in total. The molecule has 2 aromatic rings. The van der Waals surface area contributed by atoms with Crippen molar-refractivity contribution in [1.29, 1.82) is 0 Å². The Morgan fingerprint density at radius 1 is 1.21 bits per heavy atom. The molecule has 1 heterocycles. The molecule has 1 fully saturated rings. The lowest BCUT2D eigenvalue weighted by Gasteiger charge is -2.41. The number of nitrogens with zero attached hydrogens (tertiary/aromatic N) is 1. The fraction of sp³-hybridized carbons (Fsp3) is 0.452. The number of benzene rings is 2. The number of carbonyl (C=O) groups excluding carboxylic acids is 3. The summed E-state index contributed by atoms with van der Waals surface area (Å²) in [6, 6.07) is 9.86. The highest BCUT2D eigenvalue weighted by Gasteiger charge is 2.42. The minimum absolute atomic E-state index is 0.0438. The van der Waals surface area contributed by atoms with Gasteiger partial charge in [0.15, 0.2) is 11.5 Å². The molecule has 1 aliphatic carbocycles. The zero-order chi connectivity index (χ0) is 30.9. The molecular formula is C31H37IN2O9. The highest BCUT2D eigenvalue weighted by atomic mass is 127. The predicted octanol–water partition coefficient (Wildman–Crippen LogP) is 2.29. The average Bonchev–Trinajstić information content (AvgIpc) is 3.57. The van der Waals surface area contributed by atoms with Crippen LogP contribution in [0.2, 0.25) is 0 Å². The molecule has 3 N–H and O–H groups in total. The SMILES string of the molecule is COc1cccc(CCN(C(=O)C2CCCO2)[C@@H]2CC(C(=O)NCCO)=C[C@H](Oc3c(I)cc(C=O)cc3OC)[C@H]2O)c1. The van der Waals surface area contributed by atoms with Gasteiger partial charge in [-0.2, -0.15) is 0 Å². The van der Waals surface area contributed by atoms with E-state index in [0.29, 0.717) is 46.2 Å². The van der Waals surface area contributed by atoms with Gasteiger partial charge < -0.3 is 39.4 Å². The van der Waals surface area contributed by atoms with Crippen molar-refractivity contribution < 1.29 is 43.5 Å². The fourth-order valence-corrected chi connectivity index (χ4v) is 6.06. The number of nitrogens with one attached hydrogen (secondary N) is 1. The average molecular weight is 709 g/mol. The van der Waals surface area contributed by atoms with Gasteiger partial charge in [-0.25, -0.2) is 0 Å². The van der Waals surface area contributed by atoms with Gasteiger partial charge in [0.25, 0.3) is 5.91 Å². The van der Waals surface area contributed by atoms with E-state index in [2.05, 4.69) is 5.32 Å². The van der Waals surface area contributed by atoms with Crippen LogP contribution in [0.4, 0.5) is 0 Å². The monoisotopic (exact) mass is 708 g/mol. The van der Waals surface area contributed by atoms with Crippen LogP contribution in [0.15, 0.2) is 48.0 Å². The van der Waals surface area contributed by atoms with Gasteiger partial charge in [0, 0.05) is 37.3 Å². The van der Waals surface area contributed by atoms with Gasteiger partial charge in [-0.1, -0.05) is 12.1 Å². The van der Waals surface area contributed by atoms with Crippen LogP contribution in [-0.2, 0) is 20.7 Å². The molecule has 0 bridgehead atoms. The number of ether oxygens (including phenoxy) is 4. The third-order valence-corrected chi connectivity index (χ3v) is 8.32. The quantitative estimate of drug-likeness (QED) is 0.211. The minimum Gasteiger partial charge on any atom is -0.497 e. The molecule has 4 rings (SSSR count). The molecule has 232 valence electrons. The molecular weight excluding hydrogens is 671 g/mol. The van der Waals surface area contributed by atoms with Crippen molar-refractivity contribution in [2.24, 2.45) is 0 Å². The molecule has 1 unspecified atom stereocenters. The van der Waals surface area contributed by atoms with Crippen LogP contribution in [0.3, 0.4) is 0 Å². The summed E-state index contributed by atoms with van der Waals surface area (Å²) < 4.78 is 23.4. The predicted molar refractivity (Wildman–Crippen MR) is 165 cm³/mol. The van der Waals surface area contributed by atoms with Crippen LogP contribution in [-0.4, -0.2) is 98.1 Å². The summed E-state index contributed by atoms with van der Waals surface area (Å²) in [6.45, 7) is 0.527. The lowest BCUT2D eigenvalue weighted by Crippen LogP contribution is -2.57. The number of amides is 2. The van der Waals surface area contributed by atoms with Gasteiger partial charge in [0.2, 0.25) is 5.91 Å². The van der Waals surface area contributed by atoms with E-state index in [4.69, 9.17) is 18.9 Å². The molecule has 2 amide bonds. The van der Waals surface area contributed by atoms with E-state index in [9.17, 15) is 24.6 Å². The number of aldehydes is 1. The molecule has 1 saturated heterocycles. The maximum Gasteiger partial charge on any atom is 0.252 e. The van der Waals surface area contributed by atoms with Crippen molar-refractivity contribution in [2.45, 2.75) is 50.0 Å². The standard InChI is InChI=1S/C31H37IN2O9/c1-40-22-6-3-5-19(13-22)8-10-34(31(39)25-7-4-12-42-25)24-16-21(30(38)33-9-11-35)17-26(28(24)37)43-29-23(32)14-20(18-36)15-27(29)41-2/h3,5-6,13-15,17-18,24-26,28,35,37H,4,7-12,16H2,1-2H3,(H,33,38)/t24-,25?,26+,28+/m1/s1. The molecule has 0 radical (unpaired) electrons. The third kappa shape index (κ3) is 8.05. The second-order valence-corrected chi connectivity index (χ2v) is 11.5. The Kier molecular flexibility index (Phi) is 11.8. The first-order valence-corrected chi connectivity index (χ1v) is 15.2. The van der Waals surface area contributed by atoms with Crippen LogP contribution in [0.25, 0.3) is 0 Å². The maximum absolute atomic E-state index is 13.9. The van der Waals surface area contributed by atoms with Crippen LogP contribution < -0.4 is 19.5 Å². The largest absolute Gasteiger partial charge is 0.497 e. The Labute approximate surface area is 264 Å². The highest BCUT2D eigenvalue weighted by Crippen LogP contribution is 2.37. The second-order valence-electron chi connectivity index (χ2n) is 10.3. The van der Waals surface area contributed by atoms with Crippen molar-refractivity contribution in [3.05, 3.63) is 62.7 Å². The van der Waals surface area contributed by atoms with Crippen LogP contribution in [0.5, 0.6) is 17.2 Å². The zero-order valence-corrected chi connectivity index (χ0v) is 26.3. The zero-order valence-electron chi connectivity index (χ0n) is 24.2. The van der Waals surface area contributed by atoms with Crippen molar-refractivity contribution >= 4 is 40.7 Å². The minimum atomic E-state index is -1.23. The number of aliphatic hydroxyl groups excluding tert-OH is 2. The van der Waals surface area contributed by atoms with Gasteiger partial charge in [0.1, 0.15) is 30.3 Å². The summed E-state index contributed by atoms with van der Waals surface area (Å²) >= 11 is 2.01. The van der Waals surface area contributed by atoms with E-state index in [1.54, 1.807) is 18.1 Å². The van der Waals surface area contributed by atoms with Gasteiger partial charge in [0.05, 0.1) is 30.4 Å². The van der Waals surface area contributed by atoms with Gasteiger partial charge in [-0.3, -0.25) is 14.4 Å². The molecule has 2 aromatic carbocycles. The topological polar surface area (TPSA) is 144 Å². The molecule has 2 aliphatic rings. The summed E-state index contributed by atoms with van der Waals surface area (Å²) in [5, 5.41) is 23.7. The molecule has 43 heavy (non-hydrogen) atoms. The third-order valence-electron chi connectivity index (χ3n) is 7.52. The highest BCUT2D eigenvalue weighted by molar-refractivity contribution is 14.1. The Morgan fingerprint density at radius 3 is 2.70 bits per heavy atom. The van der Waals surface area contributed by atoms with E-state index in [1.165, 1.54) is 19.3 Å². The number of hydrogen-bond acceptors (Lipinski definition) is 9. The Balaban J connectivity index is 1.70. The summed E-state index contributed by atoms with van der Waals surface area (Å²) in [6.07, 6.45) is 1.16. The molecule has 0 aromatic heterocycles. The molecule has 0 spiro atoms. The van der Waals surface area contributed by atoms with Crippen molar-refractivity contribution in [3.8, 4) is 17.2 Å². The van der Waals surface area contributed by atoms with Crippen LogP contribution in [0.1, 0.15) is 35.2 Å². The Morgan fingerprint density at radius 2 is 2.02 bits per heavy atom. The summed E-state index contributed by atoms with van der Waals surface area (Å²) in [5.41, 5.74) is 1.63. The van der Waals surface area contributed by atoms with E-state index >= 15 is 0 Å². The summed E-state index contributed by atoms with van der Waals surface area (Å²) in [7, 11) is 3.03. The maximum atomic E-state index is 13.9. The van der Waals surface area contributed by atoms with Crippen molar-refractivity contribution in [1.82, 2.24) is 10.2 Å². The second kappa shape index (κ2) is 15.5. The van der Waals surface area contributed by atoms with E-state index in [1.807, 2.05) is 46.9 Å². The lowest BCUT2D eigenvalue weighted by molar-refractivity contribution is -0.148. The summed E-state index contributed by atoms with van der Waals surface area (Å²) in [5.74, 6) is 0.569. The molecule has 0 saturated carbocycles. The fourth-order valence-electron chi connectivity index (χ4n) is 5.31. The van der Waals surface area contributed by atoms with E-state index in [-0.39, 0.29) is 43.5 Å². The van der Waals surface area contributed by atoms with Crippen molar-refractivity contribution in [2.75, 3.05) is 40.5 Å². The lowest BCUT2D eigenvalue weighted by atomic mass is 9.87. The number of hydrogen-bond donors (Lipinski definition) is 3. The Bertz CT molecular complexity index is 1330. The first kappa shape index (κ1) is 32.7.